The molecule has 0 atom stereocenters. The van der Waals surface area contributed by atoms with E-state index in [-0.39, 0.29) is 18.3 Å². The van der Waals surface area contributed by atoms with Crippen LogP contribution in [0.15, 0.2) is 117 Å². The molecule has 1 fully saturated rings. The zero-order valence-electron chi connectivity index (χ0n) is 19.0. The standard InChI is InChI=1S/C29H20BrFN2O2S/c30-22-13-16-26(35-19-20-11-14-23(31)15-12-20)21(17-22)18-27-28(34)33(25-9-5-2-6-10-25)29(36-27)32-24-7-3-1-4-8-24/h1-18H,19H2/b27-18+,32-29?. The summed E-state index contributed by atoms with van der Waals surface area (Å²) in [6.45, 7) is 0.274. The number of ether oxygens (including phenoxy) is 1. The average Bonchev–Trinajstić information content (AvgIpc) is 3.19. The Morgan fingerprint density at radius 3 is 2.33 bits per heavy atom. The second kappa shape index (κ2) is 10.9. The lowest BCUT2D eigenvalue weighted by molar-refractivity contribution is -0.113. The van der Waals surface area contributed by atoms with Gasteiger partial charge in [0.05, 0.1) is 16.3 Å². The van der Waals surface area contributed by atoms with Crippen molar-refractivity contribution in [2.75, 3.05) is 4.90 Å². The van der Waals surface area contributed by atoms with Gasteiger partial charge in [-0.15, -0.1) is 0 Å². The molecular weight excluding hydrogens is 539 g/mol. The zero-order chi connectivity index (χ0) is 24.9. The number of thioether (sulfide) groups is 1. The van der Waals surface area contributed by atoms with Gasteiger partial charge in [0.25, 0.3) is 5.91 Å². The number of aliphatic imine (C=N–C) groups is 1. The van der Waals surface area contributed by atoms with E-state index >= 15 is 0 Å². The van der Waals surface area contributed by atoms with Crippen LogP contribution < -0.4 is 9.64 Å². The Morgan fingerprint density at radius 2 is 1.61 bits per heavy atom. The van der Waals surface area contributed by atoms with Crippen molar-refractivity contribution in [3.63, 3.8) is 0 Å². The second-order valence-electron chi connectivity index (χ2n) is 7.91. The SMILES string of the molecule is O=C1/C(=C\c2cc(Br)ccc2OCc2ccc(F)cc2)SC(=Nc2ccccc2)N1c1ccccc1. The largest absolute Gasteiger partial charge is 0.488 e. The zero-order valence-corrected chi connectivity index (χ0v) is 21.4. The third kappa shape index (κ3) is 5.58. The fourth-order valence-electron chi connectivity index (χ4n) is 3.61. The first-order valence-corrected chi connectivity index (χ1v) is 12.8. The predicted octanol–water partition coefficient (Wildman–Crippen LogP) is 7.98. The van der Waals surface area contributed by atoms with E-state index in [1.54, 1.807) is 17.0 Å². The number of carbonyl (C=O) groups excluding carboxylic acids is 1. The van der Waals surface area contributed by atoms with Crippen LogP contribution in [-0.4, -0.2) is 11.1 Å². The molecule has 4 aromatic carbocycles. The smallest absolute Gasteiger partial charge is 0.271 e. The van der Waals surface area contributed by atoms with Crippen LogP contribution in [-0.2, 0) is 11.4 Å². The lowest BCUT2D eigenvalue weighted by atomic mass is 10.1. The van der Waals surface area contributed by atoms with Gasteiger partial charge in [-0.2, -0.15) is 0 Å². The van der Waals surface area contributed by atoms with Gasteiger partial charge in [0.15, 0.2) is 5.17 Å². The summed E-state index contributed by atoms with van der Waals surface area (Å²) in [4.78, 5) is 20.5. The summed E-state index contributed by atoms with van der Waals surface area (Å²) < 4.78 is 20.1. The van der Waals surface area contributed by atoms with Crippen molar-refractivity contribution in [2.45, 2.75) is 6.61 Å². The van der Waals surface area contributed by atoms with Crippen molar-refractivity contribution >= 4 is 56.2 Å². The Labute approximate surface area is 221 Å². The highest BCUT2D eigenvalue weighted by Gasteiger charge is 2.35. The van der Waals surface area contributed by atoms with Crippen LogP contribution in [0.1, 0.15) is 11.1 Å². The molecule has 0 saturated carbocycles. The number of para-hydroxylation sites is 2. The molecule has 36 heavy (non-hydrogen) atoms. The van der Waals surface area contributed by atoms with Gasteiger partial charge in [-0.3, -0.25) is 9.69 Å². The number of halogens is 2. The molecule has 7 heteroatoms. The molecule has 4 aromatic rings. The Bertz CT molecular complexity index is 1440. The fraction of sp³-hybridized carbons (Fsp3) is 0.0345. The van der Waals surface area contributed by atoms with E-state index in [0.717, 1.165) is 27.0 Å². The molecule has 1 amide bonds. The van der Waals surface area contributed by atoms with E-state index in [1.165, 1.54) is 23.9 Å². The van der Waals surface area contributed by atoms with Gasteiger partial charge in [0.2, 0.25) is 0 Å². The van der Waals surface area contributed by atoms with Crippen molar-refractivity contribution in [3.8, 4) is 5.75 Å². The molecule has 0 unspecified atom stereocenters. The van der Waals surface area contributed by atoms with E-state index in [4.69, 9.17) is 9.73 Å². The first kappa shape index (κ1) is 24.0. The van der Waals surface area contributed by atoms with E-state index in [1.807, 2.05) is 84.9 Å². The number of nitrogens with zero attached hydrogens (tertiary/aromatic N) is 2. The molecule has 178 valence electrons. The Kier molecular flexibility index (Phi) is 7.30. The van der Waals surface area contributed by atoms with Crippen molar-refractivity contribution in [2.24, 2.45) is 4.99 Å². The molecule has 1 aliphatic heterocycles. The number of rotatable bonds is 6. The molecule has 4 nitrogen and oxygen atoms in total. The molecule has 0 radical (unpaired) electrons. The van der Waals surface area contributed by atoms with Crippen LogP contribution in [0, 0.1) is 5.82 Å². The summed E-state index contributed by atoms with van der Waals surface area (Å²) in [7, 11) is 0. The highest BCUT2D eigenvalue weighted by atomic mass is 79.9. The molecular formula is C29H20BrFN2O2S. The summed E-state index contributed by atoms with van der Waals surface area (Å²) in [6.07, 6.45) is 1.82. The van der Waals surface area contributed by atoms with Gasteiger partial charge >= 0.3 is 0 Å². The van der Waals surface area contributed by atoms with Crippen LogP contribution >= 0.6 is 27.7 Å². The van der Waals surface area contributed by atoms with Gasteiger partial charge in [0, 0.05) is 10.0 Å². The summed E-state index contributed by atoms with van der Waals surface area (Å²) in [5.41, 5.74) is 3.10. The van der Waals surface area contributed by atoms with E-state index < -0.39 is 0 Å². The van der Waals surface area contributed by atoms with Crippen molar-refractivity contribution in [1.29, 1.82) is 0 Å². The van der Waals surface area contributed by atoms with E-state index in [9.17, 15) is 9.18 Å². The summed E-state index contributed by atoms with van der Waals surface area (Å²) in [5, 5.41) is 0.576. The van der Waals surface area contributed by atoms with Crippen LogP contribution in [0.4, 0.5) is 15.8 Å². The molecule has 5 rings (SSSR count). The minimum Gasteiger partial charge on any atom is -0.488 e. The van der Waals surface area contributed by atoms with Crippen molar-refractivity contribution < 1.29 is 13.9 Å². The first-order chi connectivity index (χ1) is 17.6. The monoisotopic (exact) mass is 558 g/mol. The van der Waals surface area contributed by atoms with Gasteiger partial charge in [0.1, 0.15) is 18.2 Å². The normalized spacial score (nSPS) is 15.6. The van der Waals surface area contributed by atoms with E-state index in [2.05, 4.69) is 15.9 Å². The lowest BCUT2D eigenvalue weighted by Gasteiger charge is -2.15. The Balaban J connectivity index is 1.49. The number of amides is 1. The van der Waals surface area contributed by atoms with Crippen molar-refractivity contribution in [1.82, 2.24) is 0 Å². The number of hydrogen-bond acceptors (Lipinski definition) is 4. The number of carbonyl (C=O) groups is 1. The predicted molar refractivity (Wildman–Crippen MR) is 148 cm³/mol. The number of anilines is 1. The maximum absolute atomic E-state index is 13.6. The van der Waals surface area contributed by atoms with Crippen LogP contribution in [0.2, 0.25) is 0 Å². The first-order valence-electron chi connectivity index (χ1n) is 11.2. The third-order valence-electron chi connectivity index (χ3n) is 5.37. The molecule has 1 saturated heterocycles. The van der Waals surface area contributed by atoms with Crippen LogP contribution in [0.3, 0.4) is 0 Å². The minimum atomic E-state index is -0.291. The van der Waals surface area contributed by atoms with Gasteiger partial charge in [-0.1, -0.05) is 64.5 Å². The second-order valence-corrected chi connectivity index (χ2v) is 9.84. The molecule has 1 aliphatic rings. The number of hydrogen-bond donors (Lipinski definition) is 0. The molecule has 0 N–H and O–H groups in total. The fourth-order valence-corrected chi connectivity index (χ4v) is 4.98. The van der Waals surface area contributed by atoms with Gasteiger partial charge < -0.3 is 4.74 Å². The highest BCUT2D eigenvalue weighted by Crippen LogP contribution is 2.38. The highest BCUT2D eigenvalue weighted by molar-refractivity contribution is 9.10. The van der Waals surface area contributed by atoms with Gasteiger partial charge in [-0.25, -0.2) is 9.38 Å². The molecule has 1 heterocycles. The summed E-state index contributed by atoms with van der Waals surface area (Å²) in [5.74, 6) is 0.161. The maximum atomic E-state index is 13.6. The molecule has 0 spiro atoms. The average molecular weight is 559 g/mol. The maximum Gasteiger partial charge on any atom is 0.271 e. The Hall–Kier alpha value is -3.68. The van der Waals surface area contributed by atoms with Crippen LogP contribution in [0.5, 0.6) is 5.75 Å². The number of benzene rings is 4. The summed E-state index contributed by atoms with van der Waals surface area (Å²) in [6, 6.07) is 30.8. The quantitative estimate of drug-likeness (QED) is 0.225. The minimum absolute atomic E-state index is 0.162. The van der Waals surface area contributed by atoms with Crippen molar-refractivity contribution in [3.05, 3.63) is 129 Å². The molecule has 0 aromatic heterocycles. The van der Waals surface area contributed by atoms with Crippen LogP contribution in [0.25, 0.3) is 6.08 Å². The molecule has 0 aliphatic carbocycles. The number of amidine groups is 1. The molecule has 0 bridgehead atoms. The topological polar surface area (TPSA) is 41.9 Å². The Morgan fingerprint density at radius 1 is 0.917 bits per heavy atom. The van der Waals surface area contributed by atoms with Gasteiger partial charge in [-0.05, 0) is 78.0 Å². The third-order valence-corrected chi connectivity index (χ3v) is 6.83. The summed E-state index contributed by atoms with van der Waals surface area (Å²) >= 11 is 4.83. The lowest BCUT2D eigenvalue weighted by Crippen LogP contribution is -2.28. The van der Waals surface area contributed by atoms with E-state index in [0.29, 0.717) is 15.8 Å².